The molecule has 0 bridgehead atoms. The average Bonchev–Trinajstić information content (AvgIpc) is 3.17. The molecule has 7 nitrogen and oxygen atoms in total. The van der Waals surface area contributed by atoms with Crippen molar-refractivity contribution in [3.63, 3.8) is 0 Å². The van der Waals surface area contributed by atoms with Crippen LogP contribution in [0.15, 0.2) is 12.5 Å². The van der Waals surface area contributed by atoms with Crippen LogP contribution in [0.2, 0.25) is 0 Å². The quantitative estimate of drug-likeness (QED) is 0.866. The van der Waals surface area contributed by atoms with Crippen LogP contribution in [-0.4, -0.2) is 51.4 Å². The third-order valence-electron chi connectivity index (χ3n) is 4.73. The number of aryl methyl sites for hydroxylation is 1. The van der Waals surface area contributed by atoms with Gasteiger partial charge < -0.3 is 20.1 Å². The first-order chi connectivity index (χ1) is 11.5. The highest BCUT2D eigenvalue weighted by molar-refractivity contribution is 5.79. The first kappa shape index (κ1) is 16.7. The van der Waals surface area contributed by atoms with Gasteiger partial charge in [-0.1, -0.05) is 0 Å². The predicted molar refractivity (Wildman–Crippen MR) is 81.4 cm³/mol. The predicted octanol–water partition coefficient (Wildman–Crippen LogP) is 1.18. The standard InChI is InChI=1S/C15H21F2N5O2/c1-21-8-18-7-11(21)13-9(4-5-12(23)20-13)19-15(24)22-6-2-3-10(22)14(16)17/h7-10,13-14H,2-6H2,1H3,(H,19,24)(H,20,23)/t9-,10+,13-/m1/s1. The van der Waals surface area contributed by atoms with Crippen LogP contribution in [0, 0.1) is 0 Å². The van der Waals surface area contributed by atoms with Crippen molar-refractivity contribution in [2.45, 2.75) is 50.2 Å². The number of rotatable bonds is 3. The van der Waals surface area contributed by atoms with Crippen LogP contribution < -0.4 is 10.6 Å². The number of piperidine rings is 1. The van der Waals surface area contributed by atoms with E-state index in [1.807, 2.05) is 0 Å². The van der Waals surface area contributed by atoms with Gasteiger partial charge in [0.1, 0.15) is 0 Å². The van der Waals surface area contributed by atoms with E-state index in [1.54, 1.807) is 24.1 Å². The van der Waals surface area contributed by atoms with Gasteiger partial charge in [0.05, 0.1) is 36.3 Å². The van der Waals surface area contributed by atoms with E-state index in [4.69, 9.17) is 0 Å². The van der Waals surface area contributed by atoms with Gasteiger partial charge in [-0.15, -0.1) is 0 Å². The minimum absolute atomic E-state index is 0.0988. The summed E-state index contributed by atoms with van der Waals surface area (Å²) in [5.41, 5.74) is 0.764. The van der Waals surface area contributed by atoms with Crippen molar-refractivity contribution < 1.29 is 18.4 Å². The van der Waals surface area contributed by atoms with E-state index in [0.29, 0.717) is 25.8 Å². The van der Waals surface area contributed by atoms with Crippen LogP contribution >= 0.6 is 0 Å². The second kappa shape index (κ2) is 6.74. The lowest BCUT2D eigenvalue weighted by Crippen LogP contribution is -2.55. The summed E-state index contributed by atoms with van der Waals surface area (Å²) in [5.74, 6) is -0.0988. The molecule has 2 fully saturated rings. The molecule has 24 heavy (non-hydrogen) atoms. The summed E-state index contributed by atoms with van der Waals surface area (Å²) < 4.78 is 27.9. The van der Waals surface area contributed by atoms with Crippen LogP contribution in [0.1, 0.15) is 37.4 Å². The Kier molecular flexibility index (Phi) is 4.68. The van der Waals surface area contributed by atoms with E-state index in [-0.39, 0.29) is 18.4 Å². The number of imidazole rings is 1. The van der Waals surface area contributed by atoms with E-state index in [0.717, 1.165) is 5.69 Å². The Morgan fingerprint density at radius 1 is 1.46 bits per heavy atom. The molecule has 0 aromatic carbocycles. The Morgan fingerprint density at radius 3 is 2.92 bits per heavy atom. The van der Waals surface area contributed by atoms with Gasteiger partial charge in [-0.2, -0.15) is 0 Å². The monoisotopic (exact) mass is 341 g/mol. The molecule has 0 radical (unpaired) electrons. The molecule has 3 rings (SSSR count). The summed E-state index contributed by atoms with van der Waals surface area (Å²) in [6, 6.07) is -2.30. The Labute approximate surface area is 138 Å². The summed E-state index contributed by atoms with van der Waals surface area (Å²) >= 11 is 0. The summed E-state index contributed by atoms with van der Waals surface area (Å²) in [4.78, 5) is 29.4. The molecule has 0 unspecified atom stereocenters. The average molecular weight is 341 g/mol. The van der Waals surface area contributed by atoms with Crippen molar-refractivity contribution in [2.24, 2.45) is 7.05 Å². The number of urea groups is 1. The number of halogens is 2. The maximum Gasteiger partial charge on any atom is 0.318 e. The molecule has 2 saturated heterocycles. The number of hydrogen-bond donors (Lipinski definition) is 2. The van der Waals surface area contributed by atoms with E-state index in [9.17, 15) is 18.4 Å². The first-order valence-corrected chi connectivity index (χ1v) is 8.08. The SMILES string of the molecule is Cn1cncc1[C@@H]1NC(=O)CC[C@H]1NC(=O)N1CCC[C@H]1C(F)F. The molecule has 2 N–H and O–H groups in total. The number of nitrogens with one attached hydrogen (secondary N) is 2. The van der Waals surface area contributed by atoms with Crippen molar-refractivity contribution in [2.75, 3.05) is 6.54 Å². The molecule has 132 valence electrons. The van der Waals surface area contributed by atoms with Gasteiger partial charge in [0.25, 0.3) is 6.43 Å². The van der Waals surface area contributed by atoms with Gasteiger partial charge in [0.2, 0.25) is 5.91 Å². The van der Waals surface area contributed by atoms with E-state index in [2.05, 4.69) is 15.6 Å². The minimum atomic E-state index is -2.54. The van der Waals surface area contributed by atoms with Gasteiger partial charge in [-0.05, 0) is 19.3 Å². The molecular formula is C15H21F2N5O2. The van der Waals surface area contributed by atoms with Crippen molar-refractivity contribution in [3.05, 3.63) is 18.2 Å². The Morgan fingerprint density at radius 2 is 2.25 bits per heavy atom. The summed E-state index contributed by atoms with van der Waals surface area (Å²) in [5, 5.41) is 5.69. The van der Waals surface area contributed by atoms with E-state index in [1.165, 1.54) is 4.90 Å². The fraction of sp³-hybridized carbons (Fsp3) is 0.667. The normalized spacial score (nSPS) is 27.4. The zero-order valence-corrected chi connectivity index (χ0v) is 13.4. The largest absolute Gasteiger partial charge is 0.346 e. The van der Waals surface area contributed by atoms with Crippen LogP contribution in [0.4, 0.5) is 13.6 Å². The Balaban J connectivity index is 1.73. The number of hydrogen-bond acceptors (Lipinski definition) is 3. The molecule has 1 aromatic heterocycles. The molecule has 3 atom stereocenters. The molecule has 3 amide bonds. The third-order valence-corrected chi connectivity index (χ3v) is 4.73. The van der Waals surface area contributed by atoms with Gasteiger partial charge in [-0.25, -0.2) is 18.6 Å². The maximum absolute atomic E-state index is 13.0. The van der Waals surface area contributed by atoms with Crippen molar-refractivity contribution in [1.29, 1.82) is 0 Å². The van der Waals surface area contributed by atoms with E-state index < -0.39 is 24.5 Å². The number of alkyl halides is 2. The number of nitrogens with zero attached hydrogens (tertiary/aromatic N) is 3. The van der Waals surface area contributed by atoms with Crippen molar-refractivity contribution >= 4 is 11.9 Å². The molecule has 9 heteroatoms. The lowest BCUT2D eigenvalue weighted by Gasteiger charge is -2.35. The molecule has 1 aromatic rings. The molecule has 2 aliphatic rings. The minimum Gasteiger partial charge on any atom is -0.346 e. The van der Waals surface area contributed by atoms with Gasteiger partial charge in [0, 0.05) is 20.0 Å². The number of amides is 3. The van der Waals surface area contributed by atoms with Crippen LogP contribution in [0.5, 0.6) is 0 Å². The van der Waals surface area contributed by atoms with Crippen molar-refractivity contribution in [1.82, 2.24) is 25.1 Å². The number of likely N-dealkylation sites (tertiary alicyclic amines) is 1. The molecule has 3 heterocycles. The summed E-state index contributed by atoms with van der Waals surface area (Å²) in [6.45, 7) is 0.330. The zero-order chi connectivity index (χ0) is 17.3. The molecule has 0 spiro atoms. The highest BCUT2D eigenvalue weighted by Gasteiger charge is 2.38. The highest BCUT2D eigenvalue weighted by atomic mass is 19.3. The molecule has 0 saturated carbocycles. The molecule has 2 aliphatic heterocycles. The smallest absolute Gasteiger partial charge is 0.318 e. The summed E-state index contributed by atoms with van der Waals surface area (Å²) in [6.07, 6.45) is 2.34. The Hall–Kier alpha value is -2.19. The lowest BCUT2D eigenvalue weighted by molar-refractivity contribution is -0.123. The summed E-state index contributed by atoms with van der Waals surface area (Å²) in [7, 11) is 1.80. The zero-order valence-electron chi connectivity index (χ0n) is 13.4. The van der Waals surface area contributed by atoms with Crippen molar-refractivity contribution in [3.8, 4) is 0 Å². The van der Waals surface area contributed by atoms with Crippen LogP contribution in [0.3, 0.4) is 0 Å². The van der Waals surface area contributed by atoms with Gasteiger partial charge >= 0.3 is 6.03 Å². The highest BCUT2D eigenvalue weighted by Crippen LogP contribution is 2.26. The van der Waals surface area contributed by atoms with Gasteiger partial charge in [0.15, 0.2) is 0 Å². The lowest BCUT2D eigenvalue weighted by atomic mass is 9.95. The molecular weight excluding hydrogens is 320 g/mol. The fourth-order valence-corrected chi connectivity index (χ4v) is 3.45. The van der Waals surface area contributed by atoms with Crippen LogP contribution in [-0.2, 0) is 11.8 Å². The molecule has 0 aliphatic carbocycles. The second-order valence-electron chi connectivity index (χ2n) is 6.31. The second-order valence-corrected chi connectivity index (χ2v) is 6.31. The number of aromatic nitrogens is 2. The Bertz CT molecular complexity index is 621. The third kappa shape index (κ3) is 3.20. The maximum atomic E-state index is 13.0. The van der Waals surface area contributed by atoms with E-state index >= 15 is 0 Å². The van der Waals surface area contributed by atoms with Gasteiger partial charge in [-0.3, -0.25) is 4.79 Å². The first-order valence-electron chi connectivity index (χ1n) is 8.08. The fourth-order valence-electron chi connectivity index (χ4n) is 3.45. The van der Waals surface area contributed by atoms with Crippen LogP contribution in [0.25, 0.3) is 0 Å². The topological polar surface area (TPSA) is 79.3 Å². The number of carbonyl (C=O) groups excluding carboxylic acids is 2. The number of carbonyl (C=O) groups is 2.